The van der Waals surface area contributed by atoms with Crippen LogP contribution in [-0.2, 0) is 5.60 Å². The van der Waals surface area contributed by atoms with Gasteiger partial charge in [0.25, 0.3) is 5.91 Å². The zero-order chi connectivity index (χ0) is 14.8. The number of carbonyl (C=O) groups is 1. The summed E-state index contributed by atoms with van der Waals surface area (Å²) < 4.78 is 4.83. The Bertz CT molecular complexity index is 622. The molecule has 1 amide bonds. The van der Waals surface area contributed by atoms with Crippen molar-refractivity contribution in [3.63, 3.8) is 0 Å². The average molecular weight is 295 g/mol. The summed E-state index contributed by atoms with van der Waals surface area (Å²) in [5.74, 6) is 0.141. The summed E-state index contributed by atoms with van der Waals surface area (Å²) in [6, 6.07) is 8.49. The molecule has 0 saturated heterocycles. The van der Waals surface area contributed by atoms with Crippen LogP contribution in [0.3, 0.4) is 0 Å². The second-order valence-corrected chi connectivity index (χ2v) is 5.17. The van der Waals surface area contributed by atoms with Gasteiger partial charge < -0.3 is 14.9 Å². The van der Waals surface area contributed by atoms with Crippen LogP contribution < -0.4 is 5.32 Å². The number of amides is 1. The monoisotopic (exact) mass is 294 g/mol. The second-order valence-electron chi connectivity index (χ2n) is 4.76. The van der Waals surface area contributed by atoms with E-state index >= 15 is 0 Å². The maximum atomic E-state index is 11.8. The molecule has 6 heteroatoms. The molecule has 1 heterocycles. The van der Waals surface area contributed by atoms with Crippen LogP contribution in [-0.4, -0.2) is 22.7 Å². The number of aliphatic hydroxyl groups is 1. The lowest BCUT2D eigenvalue weighted by atomic mass is 9.96. The van der Waals surface area contributed by atoms with Crippen molar-refractivity contribution >= 4 is 17.5 Å². The van der Waals surface area contributed by atoms with Crippen LogP contribution >= 0.6 is 11.6 Å². The molecule has 1 atom stereocenters. The number of hydrogen-bond donors (Lipinski definition) is 2. The van der Waals surface area contributed by atoms with E-state index in [4.69, 9.17) is 16.1 Å². The van der Waals surface area contributed by atoms with Crippen molar-refractivity contribution < 1.29 is 14.4 Å². The maximum absolute atomic E-state index is 11.8. The van der Waals surface area contributed by atoms with Gasteiger partial charge in [0.15, 0.2) is 5.69 Å². The number of halogens is 1. The summed E-state index contributed by atoms with van der Waals surface area (Å²) in [7, 11) is 0. The van der Waals surface area contributed by atoms with Gasteiger partial charge in [-0.15, -0.1) is 0 Å². The Hall–Kier alpha value is -1.85. The van der Waals surface area contributed by atoms with E-state index in [9.17, 15) is 9.90 Å². The highest BCUT2D eigenvalue weighted by molar-refractivity contribution is 6.31. The first-order valence-electron chi connectivity index (χ1n) is 6.09. The third kappa shape index (κ3) is 3.18. The van der Waals surface area contributed by atoms with Gasteiger partial charge in [0.1, 0.15) is 11.4 Å². The van der Waals surface area contributed by atoms with Crippen molar-refractivity contribution in [1.82, 2.24) is 10.5 Å². The summed E-state index contributed by atoms with van der Waals surface area (Å²) in [5, 5.41) is 17.1. The number of rotatable bonds is 4. The smallest absolute Gasteiger partial charge is 0.273 e. The van der Waals surface area contributed by atoms with Crippen molar-refractivity contribution in [2.24, 2.45) is 0 Å². The van der Waals surface area contributed by atoms with Crippen LogP contribution in [0.15, 0.2) is 34.9 Å². The van der Waals surface area contributed by atoms with Gasteiger partial charge in [-0.05, 0) is 19.9 Å². The van der Waals surface area contributed by atoms with E-state index < -0.39 is 11.5 Å². The van der Waals surface area contributed by atoms with Crippen molar-refractivity contribution in [1.29, 1.82) is 0 Å². The van der Waals surface area contributed by atoms with E-state index in [0.717, 1.165) is 0 Å². The molecule has 2 N–H and O–H groups in total. The zero-order valence-corrected chi connectivity index (χ0v) is 11.9. The fraction of sp³-hybridized carbons (Fsp3) is 0.286. The molecule has 0 saturated carbocycles. The number of aryl methyl sites for hydroxylation is 1. The first kappa shape index (κ1) is 14.6. The third-order valence-corrected chi connectivity index (χ3v) is 3.24. The largest absolute Gasteiger partial charge is 0.384 e. The Morgan fingerprint density at radius 1 is 1.50 bits per heavy atom. The number of hydrogen-bond acceptors (Lipinski definition) is 4. The van der Waals surface area contributed by atoms with Crippen molar-refractivity contribution in [2.75, 3.05) is 6.54 Å². The first-order chi connectivity index (χ1) is 9.40. The van der Waals surface area contributed by atoms with Gasteiger partial charge in [-0.25, -0.2) is 0 Å². The topological polar surface area (TPSA) is 75.4 Å². The van der Waals surface area contributed by atoms with E-state index in [1.54, 1.807) is 38.1 Å². The molecule has 5 nitrogen and oxygen atoms in total. The van der Waals surface area contributed by atoms with Crippen molar-refractivity contribution in [3.8, 4) is 0 Å². The SMILES string of the molecule is Cc1cc(C(=O)NCC(C)(O)c2ccccc2Cl)no1. The molecule has 0 radical (unpaired) electrons. The summed E-state index contributed by atoms with van der Waals surface area (Å²) in [6.07, 6.45) is 0. The van der Waals surface area contributed by atoms with Gasteiger partial charge >= 0.3 is 0 Å². The highest BCUT2D eigenvalue weighted by Gasteiger charge is 2.26. The Labute approximate surface area is 121 Å². The third-order valence-electron chi connectivity index (χ3n) is 2.91. The summed E-state index contributed by atoms with van der Waals surface area (Å²) in [6.45, 7) is 3.30. The molecule has 0 aliphatic rings. The lowest BCUT2D eigenvalue weighted by Gasteiger charge is -2.25. The molecule has 1 aromatic heterocycles. The van der Waals surface area contributed by atoms with Crippen LogP contribution in [0.25, 0.3) is 0 Å². The van der Waals surface area contributed by atoms with Crippen LogP contribution in [0, 0.1) is 6.92 Å². The van der Waals surface area contributed by atoms with Crippen LogP contribution in [0.2, 0.25) is 5.02 Å². The molecule has 106 valence electrons. The minimum atomic E-state index is -1.27. The minimum absolute atomic E-state index is 0.0154. The standard InChI is InChI=1S/C14H15ClN2O3/c1-9-7-12(17-20-9)13(18)16-8-14(2,19)10-5-3-4-6-11(10)15/h3-7,19H,8H2,1-2H3,(H,16,18). The molecule has 2 aromatic rings. The maximum Gasteiger partial charge on any atom is 0.273 e. The number of nitrogens with zero attached hydrogens (tertiary/aromatic N) is 1. The van der Waals surface area contributed by atoms with Gasteiger partial charge in [0.05, 0.1) is 6.54 Å². The van der Waals surface area contributed by atoms with E-state index in [1.165, 1.54) is 6.07 Å². The fourth-order valence-corrected chi connectivity index (χ4v) is 2.15. The Morgan fingerprint density at radius 3 is 2.80 bits per heavy atom. The first-order valence-corrected chi connectivity index (χ1v) is 6.47. The Balaban J connectivity index is 2.06. The predicted molar refractivity (Wildman–Crippen MR) is 74.6 cm³/mol. The summed E-state index contributed by atoms with van der Waals surface area (Å²) >= 11 is 6.04. The van der Waals surface area contributed by atoms with Gasteiger partial charge in [0, 0.05) is 16.7 Å². The van der Waals surface area contributed by atoms with Crippen molar-refractivity contribution in [2.45, 2.75) is 19.4 Å². The summed E-state index contributed by atoms with van der Waals surface area (Å²) in [5.41, 5.74) is -0.539. The Morgan fingerprint density at radius 2 is 2.20 bits per heavy atom. The van der Waals surface area contributed by atoms with E-state index in [1.807, 2.05) is 0 Å². The number of benzene rings is 1. The lowest BCUT2D eigenvalue weighted by molar-refractivity contribution is 0.0524. The van der Waals surface area contributed by atoms with E-state index in [0.29, 0.717) is 16.3 Å². The molecule has 0 aliphatic heterocycles. The molecule has 0 aliphatic carbocycles. The summed E-state index contributed by atoms with van der Waals surface area (Å²) in [4.78, 5) is 11.8. The highest BCUT2D eigenvalue weighted by atomic mass is 35.5. The quantitative estimate of drug-likeness (QED) is 0.907. The van der Waals surface area contributed by atoms with Crippen LogP contribution in [0.5, 0.6) is 0 Å². The van der Waals surface area contributed by atoms with E-state index in [2.05, 4.69) is 10.5 Å². The molecular formula is C14H15ClN2O3. The van der Waals surface area contributed by atoms with Crippen LogP contribution in [0.4, 0.5) is 0 Å². The minimum Gasteiger partial charge on any atom is -0.384 e. The van der Waals surface area contributed by atoms with E-state index in [-0.39, 0.29) is 12.2 Å². The average Bonchev–Trinajstić information content (AvgIpc) is 2.83. The molecule has 0 spiro atoms. The number of nitrogens with one attached hydrogen (secondary N) is 1. The van der Waals surface area contributed by atoms with Gasteiger partial charge in [-0.1, -0.05) is 35.0 Å². The van der Waals surface area contributed by atoms with Gasteiger partial charge in [0.2, 0.25) is 0 Å². The highest BCUT2D eigenvalue weighted by Crippen LogP contribution is 2.27. The normalized spacial score (nSPS) is 13.8. The second kappa shape index (κ2) is 5.64. The van der Waals surface area contributed by atoms with Gasteiger partial charge in [-0.2, -0.15) is 0 Å². The molecule has 20 heavy (non-hydrogen) atoms. The zero-order valence-electron chi connectivity index (χ0n) is 11.2. The fourth-order valence-electron chi connectivity index (χ4n) is 1.81. The molecular weight excluding hydrogens is 280 g/mol. The van der Waals surface area contributed by atoms with Gasteiger partial charge in [-0.3, -0.25) is 4.79 Å². The molecule has 0 fully saturated rings. The predicted octanol–water partition coefficient (Wildman–Crippen LogP) is 2.27. The lowest BCUT2D eigenvalue weighted by Crippen LogP contribution is -2.38. The molecule has 1 unspecified atom stereocenters. The van der Waals surface area contributed by atoms with Crippen LogP contribution in [0.1, 0.15) is 28.7 Å². The number of carbonyl (C=O) groups excluding carboxylic acids is 1. The van der Waals surface area contributed by atoms with Crippen molar-refractivity contribution in [3.05, 3.63) is 52.4 Å². The molecule has 0 bridgehead atoms. The molecule has 1 aromatic carbocycles. The number of aromatic nitrogens is 1. The molecule has 2 rings (SSSR count). The Kier molecular flexibility index (Phi) is 4.11.